The maximum atomic E-state index is 13.9. The average Bonchev–Trinajstić information content (AvgIpc) is 2.94. The van der Waals surface area contributed by atoms with E-state index in [0.717, 1.165) is 16.4 Å². The van der Waals surface area contributed by atoms with E-state index in [-0.39, 0.29) is 22.9 Å². The van der Waals surface area contributed by atoms with E-state index in [1.165, 1.54) is 49.5 Å². The maximum Gasteiger partial charge on any atom is 0.264 e. The standard InChI is InChI=1S/C28H31ClFN3O6S/c1-5-31-28(35)19(2)32(17-20-7-6-8-21(29)15-20)27(34)18-33(23-11-9-22(30)10-12-23)40(36,37)24-13-14-25(38-3)26(16-24)39-4/h6-16,19H,5,17-18H2,1-4H3,(H,31,35). The first kappa shape index (κ1) is 30.7. The summed E-state index contributed by atoms with van der Waals surface area (Å²) in [6, 6.07) is 14.6. The highest BCUT2D eigenvalue weighted by atomic mass is 35.5. The average molecular weight is 592 g/mol. The predicted molar refractivity (Wildman–Crippen MR) is 151 cm³/mol. The van der Waals surface area contributed by atoms with Gasteiger partial charge in [0.05, 0.1) is 24.8 Å². The highest BCUT2D eigenvalue weighted by Crippen LogP contribution is 2.32. The number of methoxy groups -OCH3 is 2. The first-order chi connectivity index (χ1) is 19.0. The number of sulfonamides is 1. The molecule has 214 valence electrons. The summed E-state index contributed by atoms with van der Waals surface area (Å²) in [5.41, 5.74) is 0.700. The third kappa shape index (κ3) is 7.22. The molecule has 1 unspecified atom stereocenters. The van der Waals surface area contributed by atoms with Gasteiger partial charge in [-0.15, -0.1) is 0 Å². The van der Waals surface area contributed by atoms with E-state index in [2.05, 4.69) is 5.32 Å². The van der Waals surface area contributed by atoms with E-state index in [1.54, 1.807) is 38.1 Å². The van der Waals surface area contributed by atoms with Gasteiger partial charge in [0, 0.05) is 24.2 Å². The number of halogens is 2. The Morgan fingerprint density at radius 1 is 1.00 bits per heavy atom. The predicted octanol–water partition coefficient (Wildman–Crippen LogP) is 4.25. The summed E-state index contributed by atoms with van der Waals surface area (Å²) in [5.74, 6) is -1.16. The largest absolute Gasteiger partial charge is 0.493 e. The monoisotopic (exact) mass is 591 g/mol. The number of nitrogens with zero attached hydrogens (tertiary/aromatic N) is 2. The van der Waals surface area contributed by atoms with E-state index in [9.17, 15) is 22.4 Å². The third-order valence-electron chi connectivity index (χ3n) is 6.10. The van der Waals surface area contributed by atoms with Crippen LogP contribution < -0.4 is 19.1 Å². The lowest BCUT2D eigenvalue weighted by atomic mass is 10.1. The van der Waals surface area contributed by atoms with Crippen molar-refractivity contribution in [2.24, 2.45) is 0 Å². The topological polar surface area (TPSA) is 105 Å². The molecule has 12 heteroatoms. The van der Waals surface area contributed by atoms with Crippen LogP contribution in [0.1, 0.15) is 19.4 Å². The molecule has 3 aromatic rings. The Kier molecular flexibility index (Phi) is 10.4. The highest BCUT2D eigenvalue weighted by molar-refractivity contribution is 7.92. The third-order valence-corrected chi connectivity index (χ3v) is 8.10. The van der Waals surface area contributed by atoms with Gasteiger partial charge < -0.3 is 19.7 Å². The molecule has 0 spiro atoms. The minimum absolute atomic E-state index is 0.00857. The first-order valence-corrected chi connectivity index (χ1v) is 14.2. The number of nitrogens with one attached hydrogen (secondary N) is 1. The molecule has 0 heterocycles. The zero-order valence-electron chi connectivity index (χ0n) is 22.6. The number of hydrogen-bond donors (Lipinski definition) is 1. The van der Waals surface area contributed by atoms with E-state index in [1.807, 2.05) is 0 Å². The number of rotatable bonds is 12. The normalized spacial score (nSPS) is 11.8. The SMILES string of the molecule is CCNC(=O)C(C)N(Cc1cccc(Cl)c1)C(=O)CN(c1ccc(F)cc1)S(=O)(=O)c1ccc(OC)c(OC)c1. The van der Waals surface area contributed by atoms with Crippen LogP contribution in [0.4, 0.5) is 10.1 Å². The number of benzene rings is 3. The van der Waals surface area contributed by atoms with E-state index in [4.69, 9.17) is 21.1 Å². The van der Waals surface area contributed by atoms with Gasteiger partial charge in [0.1, 0.15) is 18.4 Å². The fourth-order valence-corrected chi connectivity index (χ4v) is 5.62. The van der Waals surface area contributed by atoms with Gasteiger partial charge in [-0.25, -0.2) is 12.8 Å². The van der Waals surface area contributed by atoms with Crippen molar-refractivity contribution < 1.29 is 31.9 Å². The second-order valence-corrected chi connectivity index (χ2v) is 11.0. The molecule has 2 amide bonds. The second kappa shape index (κ2) is 13.5. The lowest BCUT2D eigenvalue weighted by Crippen LogP contribution is -2.51. The Hall–Kier alpha value is -3.83. The van der Waals surface area contributed by atoms with Crippen molar-refractivity contribution in [3.8, 4) is 11.5 Å². The molecule has 0 saturated carbocycles. The minimum atomic E-state index is -4.38. The molecule has 9 nitrogen and oxygen atoms in total. The number of ether oxygens (including phenoxy) is 2. The lowest BCUT2D eigenvalue weighted by Gasteiger charge is -2.32. The van der Waals surface area contributed by atoms with Crippen LogP contribution in [0.25, 0.3) is 0 Å². The van der Waals surface area contributed by atoms with Crippen molar-refractivity contribution in [3.63, 3.8) is 0 Å². The summed E-state index contributed by atoms with van der Waals surface area (Å²) in [6.45, 7) is 2.97. The Balaban J connectivity index is 2.07. The first-order valence-electron chi connectivity index (χ1n) is 12.3. The summed E-state index contributed by atoms with van der Waals surface area (Å²) in [5, 5.41) is 3.13. The van der Waals surface area contributed by atoms with Crippen LogP contribution in [-0.4, -0.2) is 58.5 Å². The van der Waals surface area contributed by atoms with Gasteiger partial charge in [-0.2, -0.15) is 0 Å². The Morgan fingerprint density at radius 2 is 1.68 bits per heavy atom. The second-order valence-electron chi connectivity index (χ2n) is 8.73. The van der Waals surface area contributed by atoms with Gasteiger partial charge >= 0.3 is 0 Å². The zero-order chi connectivity index (χ0) is 29.4. The zero-order valence-corrected chi connectivity index (χ0v) is 24.1. The van der Waals surface area contributed by atoms with E-state index >= 15 is 0 Å². The van der Waals surface area contributed by atoms with Crippen LogP contribution in [0.15, 0.2) is 71.6 Å². The lowest BCUT2D eigenvalue weighted by molar-refractivity contribution is -0.139. The van der Waals surface area contributed by atoms with E-state index in [0.29, 0.717) is 22.9 Å². The van der Waals surface area contributed by atoms with Gasteiger partial charge in [0.2, 0.25) is 11.8 Å². The maximum absolute atomic E-state index is 13.9. The number of amides is 2. The molecule has 3 aromatic carbocycles. The minimum Gasteiger partial charge on any atom is -0.493 e. The van der Waals surface area contributed by atoms with Crippen LogP contribution in [0.3, 0.4) is 0 Å². The fraction of sp³-hybridized carbons (Fsp3) is 0.286. The van der Waals surface area contributed by atoms with Crippen molar-refractivity contribution >= 4 is 39.1 Å². The number of anilines is 1. The summed E-state index contributed by atoms with van der Waals surface area (Å²) in [7, 11) is -1.60. The Morgan fingerprint density at radius 3 is 2.27 bits per heavy atom. The molecule has 0 aromatic heterocycles. The summed E-state index contributed by atoms with van der Waals surface area (Å²) >= 11 is 6.13. The van der Waals surface area contributed by atoms with Crippen molar-refractivity contribution in [2.75, 3.05) is 31.6 Å². The van der Waals surface area contributed by atoms with Crippen molar-refractivity contribution in [3.05, 3.63) is 83.1 Å². The molecule has 0 bridgehead atoms. The fourth-order valence-electron chi connectivity index (χ4n) is 3.98. The highest BCUT2D eigenvalue weighted by Gasteiger charge is 2.33. The number of likely N-dealkylation sites (N-methyl/N-ethyl adjacent to an activating group) is 1. The molecule has 1 atom stereocenters. The van der Waals surface area contributed by atoms with Gasteiger partial charge in [0.15, 0.2) is 11.5 Å². The molecule has 3 rings (SSSR count). The Bertz CT molecular complexity index is 1450. The van der Waals surface area contributed by atoms with Crippen LogP contribution in [0, 0.1) is 5.82 Å². The van der Waals surface area contributed by atoms with Gasteiger partial charge in [-0.3, -0.25) is 13.9 Å². The Labute approximate surface area is 238 Å². The quantitative estimate of drug-likeness (QED) is 0.338. The molecular weight excluding hydrogens is 561 g/mol. The summed E-state index contributed by atoms with van der Waals surface area (Å²) in [6.07, 6.45) is 0. The number of carbonyl (C=O) groups is 2. The van der Waals surface area contributed by atoms with E-state index < -0.39 is 40.2 Å². The molecule has 0 aliphatic heterocycles. The van der Waals surface area contributed by atoms with Gasteiger partial charge in [-0.1, -0.05) is 23.7 Å². The van der Waals surface area contributed by atoms with Crippen LogP contribution >= 0.6 is 11.6 Å². The van der Waals surface area contributed by atoms with Crippen LogP contribution in [-0.2, 0) is 26.2 Å². The molecule has 0 radical (unpaired) electrons. The van der Waals surface area contributed by atoms with Crippen LogP contribution in [0.2, 0.25) is 5.02 Å². The summed E-state index contributed by atoms with van der Waals surface area (Å²) < 4.78 is 52.9. The van der Waals surface area contributed by atoms with Crippen molar-refractivity contribution in [1.82, 2.24) is 10.2 Å². The van der Waals surface area contributed by atoms with Crippen molar-refractivity contribution in [2.45, 2.75) is 31.3 Å². The smallest absolute Gasteiger partial charge is 0.264 e. The molecule has 40 heavy (non-hydrogen) atoms. The number of hydrogen-bond acceptors (Lipinski definition) is 6. The molecule has 1 N–H and O–H groups in total. The molecule has 0 saturated heterocycles. The summed E-state index contributed by atoms with van der Waals surface area (Å²) in [4.78, 5) is 27.7. The molecular formula is C28H31ClFN3O6S. The molecule has 0 fully saturated rings. The van der Waals surface area contributed by atoms with Crippen molar-refractivity contribution in [1.29, 1.82) is 0 Å². The van der Waals surface area contributed by atoms with Crippen LogP contribution in [0.5, 0.6) is 11.5 Å². The molecule has 0 aliphatic rings. The van der Waals surface area contributed by atoms with Gasteiger partial charge in [0.25, 0.3) is 10.0 Å². The van der Waals surface area contributed by atoms with Gasteiger partial charge in [-0.05, 0) is 67.9 Å². The number of carbonyl (C=O) groups excluding carboxylic acids is 2. The molecule has 0 aliphatic carbocycles.